The summed E-state index contributed by atoms with van der Waals surface area (Å²) in [5.41, 5.74) is 0. The number of hydrogen-bond acceptors (Lipinski definition) is 3. The standard InChI is InChI=1S/3C4H9O.C3H5.Sn/c3*1-2-3-4-5;1-3-2;/h3*2-4H2,1H3;1,3H,2H3;/q3*-1;;+3. The fourth-order valence-electron chi connectivity index (χ4n) is 0.433. The molecule has 3 nitrogen and oxygen atoms in total. The van der Waals surface area contributed by atoms with Crippen LogP contribution >= 0.6 is 0 Å². The first-order valence-corrected chi connectivity index (χ1v) is 8.83. The van der Waals surface area contributed by atoms with Gasteiger partial charge in [0.15, 0.2) is 0 Å². The third-order valence-electron chi connectivity index (χ3n) is 1.66. The van der Waals surface area contributed by atoms with Crippen molar-refractivity contribution >= 4 is 22.5 Å². The number of hydrogen-bond donors (Lipinski definition) is 0. The summed E-state index contributed by atoms with van der Waals surface area (Å²) < 4.78 is 2.09. The SMILES string of the molecule is CC=[CH][Sn+3].CCCC[O-].CCCC[O-].CCCC[O-]. The molecule has 0 saturated heterocycles. The summed E-state index contributed by atoms with van der Waals surface area (Å²) in [5, 5.41) is 28.6. The van der Waals surface area contributed by atoms with E-state index in [1.165, 1.54) is 22.5 Å². The Balaban J connectivity index is -0.0000000793. The van der Waals surface area contributed by atoms with Gasteiger partial charge < -0.3 is 15.3 Å². The molecule has 0 aromatic heterocycles. The summed E-state index contributed by atoms with van der Waals surface area (Å²) in [6.45, 7) is 8.34. The summed E-state index contributed by atoms with van der Waals surface area (Å²) in [4.78, 5) is 0. The largest absolute Gasteiger partial charge is 0.854 e. The first-order chi connectivity index (χ1) is 9.16. The van der Waals surface area contributed by atoms with E-state index in [1.54, 1.807) is 0 Å². The van der Waals surface area contributed by atoms with Crippen LogP contribution in [0.25, 0.3) is 0 Å². The van der Waals surface area contributed by atoms with Crippen LogP contribution in [0.2, 0.25) is 0 Å². The molecule has 0 fully saturated rings. The molecule has 114 valence electrons. The van der Waals surface area contributed by atoms with Crippen LogP contribution in [0.5, 0.6) is 0 Å². The first-order valence-electron chi connectivity index (χ1n) is 7.19. The van der Waals surface area contributed by atoms with E-state index >= 15 is 0 Å². The molecule has 0 atom stereocenters. The van der Waals surface area contributed by atoms with Gasteiger partial charge >= 0.3 is 39.6 Å². The Hall–Kier alpha value is 0.419. The maximum atomic E-state index is 9.53. The molecular weight excluding hydrogens is 347 g/mol. The Labute approximate surface area is 134 Å². The van der Waals surface area contributed by atoms with E-state index < -0.39 is 0 Å². The second-order valence-corrected chi connectivity index (χ2v) is 4.62. The van der Waals surface area contributed by atoms with Crippen molar-refractivity contribution < 1.29 is 15.3 Å². The van der Waals surface area contributed by atoms with E-state index in [4.69, 9.17) is 0 Å². The maximum Gasteiger partial charge on any atom is -0.0575 e. The zero-order chi connectivity index (χ0) is 15.8. The van der Waals surface area contributed by atoms with Gasteiger partial charge in [0, 0.05) is 0 Å². The fraction of sp³-hybridized carbons (Fsp3) is 0.867. The minimum absolute atomic E-state index is 0.0938. The number of allylic oxidation sites excluding steroid dienone is 1. The predicted molar refractivity (Wildman–Crippen MR) is 79.9 cm³/mol. The van der Waals surface area contributed by atoms with Crippen LogP contribution in [0.4, 0.5) is 0 Å². The topological polar surface area (TPSA) is 69.2 Å². The van der Waals surface area contributed by atoms with Gasteiger partial charge in [-0.2, -0.15) is 0 Å². The van der Waals surface area contributed by atoms with Crippen molar-refractivity contribution in [3.05, 3.63) is 10.2 Å². The number of rotatable bonds is 6. The normalized spacial score (nSPS) is 8.68. The van der Waals surface area contributed by atoms with Crippen LogP contribution in [0.1, 0.15) is 66.2 Å². The molecule has 0 aliphatic heterocycles. The quantitative estimate of drug-likeness (QED) is 0.650. The molecule has 19 heavy (non-hydrogen) atoms. The van der Waals surface area contributed by atoms with Crippen molar-refractivity contribution in [1.29, 1.82) is 0 Å². The van der Waals surface area contributed by atoms with Crippen molar-refractivity contribution in [2.24, 2.45) is 0 Å². The molecule has 0 spiro atoms. The molecule has 0 aliphatic rings. The van der Waals surface area contributed by atoms with E-state index in [1.807, 2.05) is 33.8 Å². The van der Waals surface area contributed by atoms with E-state index in [0.717, 1.165) is 38.5 Å². The van der Waals surface area contributed by atoms with Crippen LogP contribution < -0.4 is 15.3 Å². The summed E-state index contributed by atoms with van der Waals surface area (Å²) in [7, 11) is 0. The average Bonchev–Trinajstić information content (AvgIpc) is 2.43. The molecule has 0 heterocycles. The van der Waals surface area contributed by atoms with E-state index in [-0.39, 0.29) is 19.8 Å². The molecule has 0 aromatic rings. The van der Waals surface area contributed by atoms with Gasteiger partial charge in [-0.05, 0) is 0 Å². The Morgan fingerprint density at radius 3 is 0.947 bits per heavy atom. The molecule has 0 unspecified atom stereocenters. The Morgan fingerprint density at radius 2 is 0.947 bits per heavy atom. The van der Waals surface area contributed by atoms with Crippen molar-refractivity contribution in [2.75, 3.05) is 19.8 Å². The van der Waals surface area contributed by atoms with Gasteiger partial charge in [-0.25, -0.2) is 0 Å². The van der Waals surface area contributed by atoms with Gasteiger partial charge in [-0.3, -0.25) is 0 Å². The monoisotopic (exact) mass is 380 g/mol. The molecule has 0 saturated carbocycles. The fourth-order valence-corrected chi connectivity index (χ4v) is 0.433. The molecule has 0 radical (unpaired) electrons. The molecule has 0 aromatic carbocycles. The summed E-state index contributed by atoms with van der Waals surface area (Å²) in [6, 6.07) is 0. The van der Waals surface area contributed by atoms with E-state index in [0.29, 0.717) is 0 Å². The van der Waals surface area contributed by atoms with Crippen molar-refractivity contribution in [1.82, 2.24) is 0 Å². The molecule has 0 N–H and O–H groups in total. The van der Waals surface area contributed by atoms with Gasteiger partial charge in [0.2, 0.25) is 0 Å². The van der Waals surface area contributed by atoms with Crippen molar-refractivity contribution in [3.63, 3.8) is 0 Å². The second kappa shape index (κ2) is 42.9. The van der Waals surface area contributed by atoms with Gasteiger partial charge in [0.05, 0.1) is 0 Å². The second-order valence-electron chi connectivity index (χ2n) is 3.67. The first kappa shape index (κ1) is 27.7. The molecule has 0 bridgehead atoms. The summed E-state index contributed by atoms with van der Waals surface area (Å²) >= 11 is 1.49. The van der Waals surface area contributed by atoms with E-state index in [9.17, 15) is 15.3 Å². The Bertz CT molecular complexity index is 95.7. The maximum absolute atomic E-state index is 9.53. The van der Waals surface area contributed by atoms with Crippen LogP contribution in [-0.2, 0) is 0 Å². The minimum atomic E-state index is 0.0938. The Morgan fingerprint density at radius 1 is 0.737 bits per heavy atom. The molecule has 4 heteroatoms. The summed E-state index contributed by atoms with van der Waals surface area (Å²) in [6.07, 6.45) is 7.63. The minimum Gasteiger partial charge on any atom is -0.854 e. The van der Waals surface area contributed by atoms with Crippen LogP contribution in [0.15, 0.2) is 10.2 Å². The van der Waals surface area contributed by atoms with Crippen molar-refractivity contribution in [2.45, 2.75) is 66.2 Å². The van der Waals surface area contributed by atoms with Gasteiger partial charge in [0.25, 0.3) is 0 Å². The van der Waals surface area contributed by atoms with E-state index in [2.05, 4.69) is 4.09 Å². The van der Waals surface area contributed by atoms with Crippen LogP contribution in [0.3, 0.4) is 0 Å². The van der Waals surface area contributed by atoms with Crippen LogP contribution in [0, 0.1) is 0 Å². The Kier molecular flexibility index (Phi) is 62.5. The average molecular weight is 379 g/mol. The molecule has 0 aliphatic carbocycles. The number of unbranched alkanes of at least 4 members (excludes halogenated alkanes) is 3. The molecule has 0 amide bonds. The molecule has 0 rings (SSSR count). The van der Waals surface area contributed by atoms with Gasteiger partial charge in [-0.15, -0.1) is 19.8 Å². The smallest absolute Gasteiger partial charge is 0.0575 e. The summed E-state index contributed by atoms with van der Waals surface area (Å²) in [5.74, 6) is 0. The van der Waals surface area contributed by atoms with Gasteiger partial charge in [-0.1, -0.05) is 59.3 Å². The van der Waals surface area contributed by atoms with Crippen LogP contribution in [-0.4, -0.2) is 42.3 Å². The predicted octanol–water partition coefficient (Wildman–Crippen LogP) is 1.13. The zero-order valence-corrected chi connectivity index (χ0v) is 16.1. The third kappa shape index (κ3) is 90.2. The molecular formula is C15H32O3Sn. The third-order valence-corrected chi connectivity index (χ3v) is 2.61. The zero-order valence-electron chi connectivity index (χ0n) is 13.2. The van der Waals surface area contributed by atoms with Gasteiger partial charge in [0.1, 0.15) is 0 Å². The van der Waals surface area contributed by atoms with Crippen molar-refractivity contribution in [3.8, 4) is 0 Å².